The van der Waals surface area contributed by atoms with Crippen molar-refractivity contribution < 1.29 is 9.53 Å². The molecule has 5 nitrogen and oxygen atoms in total. The van der Waals surface area contributed by atoms with Gasteiger partial charge in [-0.3, -0.25) is 4.79 Å². The summed E-state index contributed by atoms with van der Waals surface area (Å²) >= 11 is 5.66. The smallest absolute Gasteiger partial charge is 0.240 e. The lowest BCUT2D eigenvalue weighted by Crippen LogP contribution is -2.36. The third-order valence-electron chi connectivity index (χ3n) is 4.75. The van der Waals surface area contributed by atoms with Crippen LogP contribution in [0.3, 0.4) is 0 Å². The molecule has 4 rings (SSSR count). The zero-order valence-electron chi connectivity index (χ0n) is 14.3. The predicted molar refractivity (Wildman–Crippen MR) is 104 cm³/mol. The van der Waals surface area contributed by atoms with Gasteiger partial charge in [-0.1, -0.05) is 30.3 Å². The summed E-state index contributed by atoms with van der Waals surface area (Å²) in [4.78, 5) is 18.7. The van der Waals surface area contributed by atoms with Gasteiger partial charge in [-0.15, -0.1) is 11.6 Å². The van der Waals surface area contributed by atoms with Crippen LogP contribution in [0.4, 0.5) is 11.4 Å². The maximum Gasteiger partial charge on any atom is 0.240 e. The SMILES string of the molecule is O=C(CCl)NC1=Nc2ccccc2C1c1ccc(N2CCOCC2)cc1. The van der Waals surface area contributed by atoms with Gasteiger partial charge in [0.15, 0.2) is 0 Å². The molecule has 2 heterocycles. The van der Waals surface area contributed by atoms with Crippen molar-refractivity contribution in [1.29, 1.82) is 0 Å². The van der Waals surface area contributed by atoms with Crippen LogP contribution in [-0.4, -0.2) is 43.9 Å². The highest BCUT2D eigenvalue weighted by atomic mass is 35.5. The van der Waals surface area contributed by atoms with E-state index in [0.717, 1.165) is 43.1 Å². The number of nitrogens with one attached hydrogen (secondary N) is 1. The van der Waals surface area contributed by atoms with E-state index in [0.29, 0.717) is 5.84 Å². The number of hydrogen-bond acceptors (Lipinski definition) is 4. The predicted octanol–water partition coefficient (Wildman–Crippen LogP) is 3.05. The maximum absolute atomic E-state index is 11.8. The molecule has 134 valence electrons. The van der Waals surface area contributed by atoms with E-state index < -0.39 is 0 Å². The van der Waals surface area contributed by atoms with Crippen LogP contribution in [0.1, 0.15) is 17.0 Å². The minimum Gasteiger partial charge on any atom is -0.378 e. The molecule has 0 bridgehead atoms. The third kappa shape index (κ3) is 3.32. The highest BCUT2D eigenvalue weighted by Gasteiger charge is 2.29. The number of benzene rings is 2. The second-order valence-corrected chi connectivity index (χ2v) is 6.63. The first-order valence-electron chi connectivity index (χ1n) is 8.72. The number of halogens is 1. The molecule has 1 saturated heterocycles. The molecule has 1 N–H and O–H groups in total. The Balaban J connectivity index is 1.63. The Morgan fingerprint density at radius 1 is 1.15 bits per heavy atom. The average Bonchev–Trinajstić information content (AvgIpc) is 3.06. The van der Waals surface area contributed by atoms with E-state index >= 15 is 0 Å². The Hall–Kier alpha value is -2.37. The molecule has 0 spiro atoms. The van der Waals surface area contributed by atoms with Gasteiger partial charge < -0.3 is 15.0 Å². The first kappa shape index (κ1) is 17.1. The lowest BCUT2D eigenvalue weighted by molar-refractivity contribution is -0.117. The summed E-state index contributed by atoms with van der Waals surface area (Å²) in [5, 5.41) is 2.85. The molecule has 1 fully saturated rings. The highest BCUT2D eigenvalue weighted by molar-refractivity contribution is 6.29. The van der Waals surface area contributed by atoms with Gasteiger partial charge in [0.05, 0.1) is 24.8 Å². The summed E-state index contributed by atoms with van der Waals surface area (Å²) in [6.45, 7) is 3.34. The van der Waals surface area contributed by atoms with Gasteiger partial charge in [0.2, 0.25) is 5.91 Å². The van der Waals surface area contributed by atoms with Crippen molar-refractivity contribution in [2.75, 3.05) is 37.1 Å². The molecule has 2 aliphatic heterocycles. The normalized spacial score (nSPS) is 19.0. The number of ether oxygens (including phenoxy) is 1. The molecule has 2 aromatic carbocycles. The van der Waals surface area contributed by atoms with Crippen LogP contribution in [0.5, 0.6) is 0 Å². The van der Waals surface area contributed by atoms with Gasteiger partial charge in [0.1, 0.15) is 11.7 Å². The Kier molecular flexibility index (Phi) is 4.91. The minimum absolute atomic E-state index is 0.0853. The van der Waals surface area contributed by atoms with E-state index in [4.69, 9.17) is 16.3 Å². The van der Waals surface area contributed by atoms with Crippen molar-refractivity contribution in [3.63, 3.8) is 0 Å². The van der Waals surface area contributed by atoms with Crippen molar-refractivity contribution in [3.8, 4) is 0 Å². The molecular formula is C20H20ClN3O2. The van der Waals surface area contributed by atoms with Crippen LogP contribution in [0.25, 0.3) is 0 Å². The van der Waals surface area contributed by atoms with Crippen molar-refractivity contribution in [3.05, 3.63) is 59.7 Å². The topological polar surface area (TPSA) is 53.9 Å². The van der Waals surface area contributed by atoms with Crippen molar-refractivity contribution in [2.45, 2.75) is 5.92 Å². The number of morpholine rings is 1. The van der Waals surface area contributed by atoms with Gasteiger partial charge in [-0.05, 0) is 29.3 Å². The summed E-state index contributed by atoms with van der Waals surface area (Å²) in [5.41, 5.74) is 4.27. The molecule has 0 aliphatic carbocycles. The quantitative estimate of drug-likeness (QED) is 0.846. The molecule has 2 aromatic rings. The zero-order chi connectivity index (χ0) is 17.9. The largest absolute Gasteiger partial charge is 0.378 e. The van der Waals surface area contributed by atoms with Crippen LogP contribution in [0.2, 0.25) is 0 Å². The molecule has 26 heavy (non-hydrogen) atoms. The maximum atomic E-state index is 11.8. The number of para-hydroxylation sites is 1. The number of carbonyl (C=O) groups excluding carboxylic acids is 1. The summed E-state index contributed by atoms with van der Waals surface area (Å²) in [6, 6.07) is 16.4. The summed E-state index contributed by atoms with van der Waals surface area (Å²) in [7, 11) is 0. The molecule has 1 amide bonds. The number of hydrogen-bond donors (Lipinski definition) is 1. The molecule has 2 aliphatic rings. The third-order valence-corrected chi connectivity index (χ3v) is 5.00. The number of rotatable bonds is 3. The fourth-order valence-corrected chi connectivity index (χ4v) is 3.55. The number of fused-ring (bicyclic) bond motifs is 1. The number of alkyl halides is 1. The number of amidine groups is 1. The fourth-order valence-electron chi connectivity index (χ4n) is 3.49. The lowest BCUT2D eigenvalue weighted by Gasteiger charge is -2.29. The monoisotopic (exact) mass is 369 g/mol. The van der Waals surface area contributed by atoms with E-state index in [9.17, 15) is 4.79 Å². The number of nitrogens with zero attached hydrogens (tertiary/aromatic N) is 2. The van der Waals surface area contributed by atoms with Crippen LogP contribution in [0, 0.1) is 0 Å². The molecule has 0 radical (unpaired) electrons. The summed E-state index contributed by atoms with van der Waals surface area (Å²) < 4.78 is 5.42. The molecular weight excluding hydrogens is 350 g/mol. The van der Waals surface area contributed by atoms with Crippen LogP contribution >= 0.6 is 11.6 Å². The highest BCUT2D eigenvalue weighted by Crippen LogP contribution is 2.39. The van der Waals surface area contributed by atoms with Gasteiger partial charge in [-0.25, -0.2) is 4.99 Å². The Bertz CT molecular complexity index is 829. The standard InChI is InChI=1S/C20H20ClN3O2/c21-13-18(25)23-20-19(16-3-1-2-4-17(16)22-20)14-5-7-15(8-6-14)24-9-11-26-12-10-24/h1-8,19H,9-13H2,(H,22,23,25). The first-order valence-corrected chi connectivity index (χ1v) is 9.25. The van der Waals surface area contributed by atoms with Crippen molar-refractivity contribution >= 4 is 34.7 Å². The van der Waals surface area contributed by atoms with Gasteiger partial charge >= 0.3 is 0 Å². The Morgan fingerprint density at radius 3 is 2.62 bits per heavy atom. The first-order chi connectivity index (χ1) is 12.8. The Labute approximate surface area is 157 Å². The molecule has 1 atom stereocenters. The van der Waals surface area contributed by atoms with E-state index in [2.05, 4.69) is 45.5 Å². The van der Waals surface area contributed by atoms with E-state index in [1.807, 2.05) is 18.2 Å². The number of amides is 1. The summed E-state index contributed by atoms with van der Waals surface area (Å²) in [5.74, 6) is 0.221. The van der Waals surface area contributed by atoms with Crippen LogP contribution in [0.15, 0.2) is 53.5 Å². The van der Waals surface area contributed by atoms with Crippen molar-refractivity contribution in [1.82, 2.24) is 5.32 Å². The number of anilines is 1. The molecule has 6 heteroatoms. The van der Waals surface area contributed by atoms with Gasteiger partial charge in [0, 0.05) is 18.8 Å². The van der Waals surface area contributed by atoms with Gasteiger partial charge in [-0.2, -0.15) is 0 Å². The summed E-state index contributed by atoms with van der Waals surface area (Å²) in [6.07, 6.45) is 0. The molecule has 1 unspecified atom stereocenters. The van der Waals surface area contributed by atoms with Crippen molar-refractivity contribution in [2.24, 2.45) is 4.99 Å². The fraction of sp³-hybridized carbons (Fsp3) is 0.300. The minimum atomic E-state index is -0.242. The van der Waals surface area contributed by atoms with Crippen LogP contribution < -0.4 is 10.2 Å². The zero-order valence-corrected chi connectivity index (χ0v) is 15.1. The number of aliphatic imine (C=N–C) groups is 1. The molecule has 0 aromatic heterocycles. The molecule has 0 saturated carbocycles. The Morgan fingerprint density at radius 2 is 1.88 bits per heavy atom. The van der Waals surface area contributed by atoms with E-state index in [1.165, 1.54) is 5.69 Å². The van der Waals surface area contributed by atoms with E-state index in [1.54, 1.807) is 0 Å². The second-order valence-electron chi connectivity index (χ2n) is 6.36. The van der Waals surface area contributed by atoms with Crippen LogP contribution in [-0.2, 0) is 9.53 Å². The number of carbonyl (C=O) groups is 1. The van der Waals surface area contributed by atoms with E-state index in [-0.39, 0.29) is 17.7 Å². The van der Waals surface area contributed by atoms with Gasteiger partial charge in [0.25, 0.3) is 0 Å². The second kappa shape index (κ2) is 7.48. The average molecular weight is 370 g/mol. The lowest BCUT2D eigenvalue weighted by atomic mass is 9.91.